The van der Waals surface area contributed by atoms with Crippen molar-refractivity contribution in [2.75, 3.05) is 0 Å². The zero-order valence-corrected chi connectivity index (χ0v) is 4.55. The van der Waals surface area contributed by atoms with E-state index < -0.39 is 5.91 Å². The number of hydrogen-bond donors (Lipinski definition) is 1. The van der Waals surface area contributed by atoms with Crippen molar-refractivity contribution in [2.24, 2.45) is 5.73 Å². The minimum atomic E-state index is -0.558. The molecular weight excluding hydrogens is 106 g/mol. The van der Waals surface area contributed by atoms with Gasteiger partial charge in [-0.1, -0.05) is 0 Å². The normalized spacial score (nSPS) is 10.9. The number of allylic oxidation sites excluding steroid dienone is 1. The second kappa shape index (κ2) is 2.96. The molecule has 0 aliphatic rings. The van der Waals surface area contributed by atoms with Crippen LogP contribution in [0.1, 0.15) is 6.92 Å². The van der Waals surface area contributed by atoms with Gasteiger partial charge in [-0.05, 0) is 13.0 Å². The second-order valence-electron chi connectivity index (χ2n) is 1.35. The van der Waals surface area contributed by atoms with Gasteiger partial charge in [0, 0.05) is 5.57 Å². The molecule has 1 amide bonds. The molecule has 0 saturated carbocycles. The van der Waals surface area contributed by atoms with E-state index in [1.165, 1.54) is 6.92 Å². The Hall–Kier alpha value is -1.12. The summed E-state index contributed by atoms with van der Waals surface area (Å²) in [5.41, 5.74) is 5.03. The average molecular weight is 113 g/mol. The summed E-state index contributed by atoms with van der Waals surface area (Å²) in [6.45, 7) is 1.48. The summed E-state index contributed by atoms with van der Waals surface area (Å²) in [5.74, 6) is -0.558. The molecule has 0 unspecified atom stereocenters. The van der Waals surface area contributed by atoms with Crippen LogP contribution >= 0.6 is 0 Å². The topological polar surface area (TPSA) is 60.2 Å². The zero-order valence-electron chi connectivity index (χ0n) is 4.55. The van der Waals surface area contributed by atoms with E-state index in [0.29, 0.717) is 6.29 Å². The van der Waals surface area contributed by atoms with Gasteiger partial charge in [-0.3, -0.25) is 9.59 Å². The van der Waals surface area contributed by atoms with Gasteiger partial charge in [0.1, 0.15) is 6.29 Å². The van der Waals surface area contributed by atoms with Crippen LogP contribution in [0, 0.1) is 0 Å². The highest BCUT2D eigenvalue weighted by Crippen LogP contribution is 1.84. The van der Waals surface area contributed by atoms with E-state index in [1.54, 1.807) is 0 Å². The van der Waals surface area contributed by atoms with E-state index in [4.69, 9.17) is 5.73 Å². The Morgan fingerprint density at radius 3 is 2.25 bits per heavy atom. The van der Waals surface area contributed by atoms with Crippen LogP contribution in [0.3, 0.4) is 0 Å². The van der Waals surface area contributed by atoms with Crippen molar-refractivity contribution in [3.05, 3.63) is 11.6 Å². The standard InChI is InChI=1S/C5H7NO2/c1-4(2-3-7)5(6)8/h2-3H,1H3,(H2,6,8). The van der Waals surface area contributed by atoms with E-state index in [9.17, 15) is 9.59 Å². The van der Waals surface area contributed by atoms with Crippen LogP contribution in [-0.2, 0) is 9.59 Å². The Bertz CT molecular complexity index is 137. The summed E-state index contributed by atoms with van der Waals surface area (Å²) in [6, 6.07) is 0. The number of rotatable bonds is 2. The van der Waals surface area contributed by atoms with E-state index in [1.807, 2.05) is 0 Å². The molecule has 0 aromatic heterocycles. The van der Waals surface area contributed by atoms with Crippen molar-refractivity contribution in [3.63, 3.8) is 0 Å². The Balaban J connectivity index is 3.99. The minimum absolute atomic E-state index is 0.278. The first kappa shape index (κ1) is 6.88. The van der Waals surface area contributed by atoms with Gasteiger partial charge in [-0.25, -0.2) is 0 Å². The Kier molecular flexibility index (Phi) is 2.54. The zero-order chi connectivity index (χ0) is 6.57. The molecule has 8 heavy (non-hydrogen) atoms. The molecule has 0 atom stereocenters. The molecule has 0 fully saturated rings. The minimum Gasteiger partial charge on any atom is -0.366 e. The summed E-state index contributed by atoms with van der Waals surface area (Å²) in [6.07, 6.45) is 1.66. The summed E-state index contributed by atoms with van der Waals surface area (Å²) in [4.78, 5) is 19.7. The highest BCUT2D eigenvalue weighted by atomic mass is 16.1. The van der Waals surface area contributed by atoms with E-state index in [-0.39, 0.29) is 5.57 Å². The van der Waals surface area contributed by atoms with Crippen LogP contribution in [-0.4, -0.2) is 12.2 Å². The first-order valence-electron chi connectivity index (χ1n) is 2.10. The predicted molar refractivity (Wildman–Crippen MR) is 29.0 cm³/mol. The number of hydrogen-bond acceptors (Lipinski definition) is 2. The van der Waals surface area contributed by atoms with Gasteiger partial charge in [0.15, 0.2) is 0 Å². The number of primary amides is 1. The van der Waals surface area contributed by atoms with Crippen molar-refractivity contribution in [2.45, 2.75) is 6.92 Å². The molecule has 0 aliphatic heterocycles. The molecule has 0 spiro atoms. The molecule has 0 saturated heterocycles. The molecule has 0 rings (SSSR count). The highest BCUT2D eigenvalue weighted by Gasteiger charge is 1.92. The molecule has 0 radical (unpaired) electrons. The fourth-order valence-electron chi connectivity index (χ4n) is 0.184. The molecule has 0 aromatic rings. The number of nitrogens with two attached hydrogens (primary N) is 1. The number of carbonyl (C=O) groups excluding carboxylic acids is 2. The highest BCUT2D eigenvalue weighted by molar-refractivity contribution is 5.94. The quantitative estimate of drug-likeness (QED) is 0.392. The maximum atomic E-state index is 10.1. The van der Waals surface area contributed by atoms with Crippen molar-refractivity contribution in [1.29, 1.82) is 0 Å². The van der Waals surface area contributed by atoms with Crippen LogP contribution in [0.5, 0.6) is 0 Å². The van der Waals surface area contributed by atoms with Crippen molar-refractivity contribution >= 4 is 12.2 Å². The van der Waals surface area contributed by atoms with Gasteiger partial charge in [-0.2, -0.15) is 0 Å². The van der Waals surface area contributed by atoms with Crippen LogP contribution in [0.15, 0.2) is 11.6 Å². The average Bonchev–Trinajstić information content (AvgIpc) is 1.67. The van der Waals surface area contributed by atoms with Crippen LogP contribution < -0.4 is 5.73 Å². The van der Waals surface area contributed by atoms with Crippen LogP contribution in [0.25, 0.3) is 0 Å². The van der Waals surface area contributed by atoms with Gasteiger partial charge in [0.25, 0.3) is 0 Å². The van der Waals surface area contributed by atoms with Gasteiger partial charge in [0.2, 0.25) is 5.91 Å². The van der Waals surface area contributed by atoms with Crippen molar-refractivity contribution in [3.8, 4) is 0 Å². The van der Waals surface area contributed by atoms with Crippen molar-refractivity contribution in [1.82, 2.24) is 0 Å². The summed E-state index contributed by atoms with van der Waals surface area (Å²) in [5, 5.41) is 0. The summed E-state index contributed by atoms with van der Waals surface area (Å²) < 4.78 is 0. The molecule has 3 heteroatoms. The fraction of sp³-hybridized carbons (Fsp3) is 0.200. The Labute approximate surface area is 47.2 Å². The maximum absolute atomic E-state index is 10.1. The predicted octanol–water partition coefficient (Wildman–Crippen LogP) is -0.383. The van der Waals surface area contributed by atoms with E-state index >= 15 is 0 Å². The van der Waals surface area contributed by atoms with Crippen LogP contribution in [0.4, 0.5) is 0 Å². The lowest BCUT2D eigenvalue weighted by Gasteiger charge is -1.85. The first-order valence-corrected chi connectivity index (χ1v) is 2.10. The molecular formula is C5H7NO2. The van der Waals surface area contributed by atoms with Gasteiger partial charge < -0.3 is 5.73 Å². The molecule has 0 aromatic carbocycles. The molecule has 0 heterocycles. The lowest BCUT2D eigenvalue weighted by Crippen LogP contribution is -2.11. The van der Waals surface area contributed by atoms with Gasteiger partial charge in [0.05, 0.1) is 0 Å². The fourth-order valence-corrected chi connectivity index (χ4v) is 0.184. The lowest BCUT2D eigenvalue weighted by atomic mass is 10.3. The van der Waals surface area contributed by atoms with Crippen LogP contribution in [0.2, 0.25) is 0 Å². The Morgan fingerprint density at radius 2 is 2.12 bits per heavy atom. The SMILES string of the molecule is CC(=CC=O)C(N)=O. The number of carbonyl (C=O) groups is 2. The molecule has 2 N–H and O–H groups in total. The summed E-state index contributed by atoms with van der Waals surface area (Å²) >= 11 is 0. The smallest absolute Gasteiger partial charge is 0.244 e. The molecule has 3 nitrogen and oxygen atoms in total. The second-order valence-corrected chi connectivity index (χ2v) is 1.35. The Morgan fingerprint density at radius 1 is 1.62 bits per heavy atom. The van der Waals surface area contributed by atoms with E-state index in [0.717, 1.165) is 6.08 Å². The number of aldehydes is 1. The number of amides is 1. The largest absolute Gasteiger partial charge is 0.366 e. The first-order chi connectivity index (χ1) is 3.68. The van der Waals surface area contributed by atoms with Crippen molar-refractivity contribution < 1.29 is 9.59 Å². The molecule has 44 valence electrons. The monoisotopic (exact) mass is 113 g/mol. The molecule has 0 bridgehead atoms. The third-order valence-electron chi connectivity index (χ3n) is 0.707. The molecule has 0 aliphatic carbocycles. The van der Waals surface area contributed by atoms with Gasteiger partial charge in [-0.15, -0.1) is 0 Å². The third kappa shape index (κ3) is 2.12. The lowest BCUT2D eigenvalue weighted by molar-refractivity contribution is -0.114. The maximum Gasteiger partial charge on any atom is 0.244 e. The van der Waals surface area contributed by atoms with Gasteiger partial charge >= 0.3 is 0 Å². The third-order valence-corrected chi connectivity index (χ3v) is 0.707. The summed E-state index contributed by atoms with van der Waals surface area (Å²) in [7, 11) is 0. The van der Waals surface area contributed by atoms with E-state index in [2.05, 4.69) is 0 Å².